The maximum atomic E-state index is 12.4. The Morgan fingerprint density at radius 3 is 2.77 bits per heavy atom. The van der Waals surface area contributed by atoms with E-state index in [1.165, 1.54) is 0 Å². The summed E-state index contributed by atoms with van der Waals surface area (Å²) < 4.78 is 1.94. The highest BCUT2D eigenvalue weighted by molar-refractivity contribution is 6.31. The molecule has 0 fully saturated rings. The number of aromatic nitrogens is 3. The Balaban J connectivity index is 1.66. The van der Waals surface area contributed by atoms with Crippen molar-refractivity contribution in [3.8, 4) is 11.3 Å². The minimum absolute atomic E-state index is 0.210. The van der Waals surface area contributed by atoms with Crippen LogP contribution in [0.2, 0.25) is 5.02 Å². The Kier molecular flexibility index (Phi) is 4.14. The number of hydrogen-bond donors (Lipinski definition) is 1. The molecule has 0 aliphatic rings. The third kappa shape index (κ3) is 3.05. The fraction of sp³-hybridized carbons (Fsp3) is 0.0500. The van der Waals surface area contributed by atoms with Gasteiger partial charge in [0.15, 0.2) is 0 Å². The van der Waals surface area contributed by atoms with Gasteiger partial charge in [-0.3, -0.25) is 9.20 Å². The number of hydrogen-bond acceptors (Lipinski definition) is 3. The van der Waals surface area contributed by atoms with Gasteiger partial charge in [0.2, 0.25) is 5.78 Å². The second-order valence-electron chi connectivity index (χ2n) is 5.88. The molecule has 128 valence electrons. The van der Waals surface area contributed by atoms with Crippen molar-refractivity contribution in [1.29, 1.82) is 0 Å². The number of anilines is 1. The first-order chi connectivity index (χ1) is 12.6. The molecule has 0 aliphatic heterocycles. The zero-order valence-electron chi connectivity index (χ0n) is 14.0. The van der Waals surface area contributed by atoms with Gasteiger partial charge in [-0.25, -0.2) is 9.97 Å². The molecule has 2 aromatic heterocycles. The molecule has 6 heteroatoms. The molecule has 0 spiro atoms. The number of benzene rings is 2. The molecule has 2 aromatic carbocycles. The first-order valence-corrected chi connectivity index (χ1v) is 8.46. The average Bonchev–Trinajstić information content (AvgIpc) is 2.99. The van der Waals surface area contributed by atoms with Crippen molar-refractivity contribution >= 4 is 29.0 Å². The maximum absolute atomic E-state index is 12.4. The number of fused-ring (bicyclic) bond motifs is 1. The molecule has 0 unspecified atom stereocenters. The molecule has 0 aliphatic carbocycles. The topological polar surface area (TPSA) is 59.3 Å². The lowest BCUT2D eigenvalue weighted by atomic mass is 10.1. The lowest BCUT2D eigenvalue weighted by Gasteiger charge is -2.07. The minimum Gasteiger partial charge on any atom is -0.322 e. The van der Waals surface area contributed by atoms with Crippen LogP contribution >= 0.6 is 11.6 Å². The van der Waals surface area contributed by atoms with E-state index in [-0.39, 0.29) is 5.91 Å². The zero-order chi connectivity index (χ0) is 18.1. The number of amides is 1. The van der Waals surface area contributed by atoms with Gasteiger partial charge in [-0.1, -0.05) is 29.8 Å². The first kappa shape index (κ1) is 16.3. The third-order valence-electron chi connectivity index (χ3n) is 4.12. The normalized spacial score (nSPS) is 10.8. The van der Waals surface area contributed by atoms with Crippen LogP contribution in [0, 0.1) is 6.92 Å². The number of imidazole rings is 1. The van der Waals surface area contributed by atoms with Crippen LogP contribution in [0.4, 0.5) is 5.69 Å². The molecule has 26 heavy (non-hydrogen) atoms. The van der Waals surface area contributed by atoms with Gasteiger partial charge in [0.1, 0.15) is 0 Å². The van der Waals surface area contributed by atoms with Crippen LogP contribution in [-0.2, 0) is 0 Å². The monoisotopic (exact) mass is 362 g/mol. The second-order valence-corrected chi connectivity index (χ2v) is 6.32. The van der Waals surface area contributed by atoms with Crippen LogP contribution in [0.25, 0.3) is 17.0 Å². The van der Waals surface area contributed by atoms with Gasteiger partial charge in [0.25, 0.3) is 5.91 Å². The molecule has 0 bridgehead atoms. The van der Waals surface area contributed by atoms with Gasteiger partial charge < -0.3 is 5.32 Å². The predicted molar refractivity (Wildman–Crippen MR) is 103 cm³/mol. The number of nitrogens with zero attached hydrogens (tertiary/aromatic N) is 3. The van der Waals surface area contributed by atoms with Gasteiger partial charge in [0, 0.05) is 39.9 Å². The highest BCUT2D eigenvalue weighted by Crippen LogP contribution is 2.26. The summed E-state index contributed by atoms with van der Waals surface area (Å²) in [5.74, 6) is 0.436. The summed E-state index contributed by atoms with van der Waals surface area (Å²) in [6.07, 6.45) is 3.64. The van der Waals surface area contributed by atoms with E-state index in [0.29, 0.717) is 22.1 Å². The van der Waals surface area contributed by atoms with E-state index in [0.717, 1.165) is 17.0 Å². The lowest BCUT2D eigenvalue weighted by Crippen LogP contribution is -2.11. The molecule has 5 nitrogen and oxygen atoms in total. The van der Waals surface area contributed by atoms with E-state index in [2.05, 4.69) is 15.3 Å². The van der Waals surface area contributed by atoms with Crippen LogP contribution in [0.3, 0.4) is 0 Å². The molecule has 0 radical (unpaired) electrons. The van der Waals surface area contributed by atoms with Crippen molar-refractivity contribution in [2.24, 2.45) is 0 Å². The SMILES string of the molecule is Cc1c(-c2cccc(NC(=O)c3cccc(Cl)c3)c2)nc2ncccn12. The molecule has 2 heterocycles. The maximum Gasteiger partial charge on any atom is 0.255 e. The molecule has 4 rings (SSSR count). The van der Waals surface area contributed by atoms with E-state index in [9.17, 15) is 4.79 Å². The minimum atomic E-state index is -0.210. The van der Waals surface area contributed by atoms with Crippen molar-refractivity contribution in [3.63, 3.8) is 0 Å². The van der Waals surface area contributed by atoms with Crippen LogP contribution in [0.5, 0.6) is 0 Å². The second kappa shape index (κ2) is 6.61. The fourth-order valence-corrected chi connectivity index (χ4v) is 3.04. The number of rotatable bonds is 3. The van der Waals surface area contributed by atoms with Gasteiger partial charge in [0.05, 0.1) is 5.69 Å². The summed E-state index contributed by atoms with van der Waals surface area (Å²) in [6.45, 7) is 1.99. The van der Waals surface area contributed by atoms with Gasteiger partial charge in [-0.05, 0) is 43.3 Å². The number of aryl methyl sites for hydroxylation is 1. The standard InChI is InChI=1S/C20H15ClN4O/c1-13-18(24-20-22-9-4-10-25(13)20)14-5-3-8-17(12-14)23-19(26)15-6-2-7-16(21)11-15/h2-12H,1H3,(H,23,26). The summed E-state index contributed by atoms with van der Waals surface area (Å²) >= 11 is 5.96. The molecule has 4 aromatic rings. The Morgan fingerprint density at radius 2 is 1.96 bits per heavy atom. The van der Waals surface area contributed by atoms with Gasteiger partial charge in [-0.15, -0.1) is 0 Å². The van der Waals surface area contributed by atoms with Crippen molar-refractivity contribution < 1.29 is 4.79 Å². The van der Waals surface area contributed by atoms with Crippen LogP contribution in [0.1, 0.15) is 16.1 Å². The van der Waals surface area contributed by atoms with E-state index in [4.69, 9.17) is 11.6 Å². The van der Waals surface area contributed by atoms with Gasteiger partial charge in [-0.2, -0.15) is 0 Å². The van der Waals surface area contributed by atoms with E-state index < -0.39 is 0 Å². The molecule has 1 N–H and O–H groups in total. The summed E-state index contributed by atoms with van der Waals surface area (Å²) in [6, 6.07) is 16.3. The highest BCUT2D eigenvalue weighted by Gasteiger charge is 2.12. The zero-order valence-corrected chi connectivity index (χ0v) is 14.7. The van der Waals surface area contributed by atoms with Crippen molar-refractivity contribution in [3.05, 3.63) is 83.3 Å². The highest BCUT2D eigenvalue weighted by atomic mass is 35.5. The summed E-state index contributed by atoms with van der Waals surface area (Å²) in [5.41, 5.74) is 3.94. The number of nitrogens with one attached hydrogen (secondary N) is 1. The smallest absolute Gasteiger partial charge is 0.255 e. The van der Waals surface area contributed by atoms with Crippen LogP contribution in [0.15, 0.2) is 67.0 Å². The number of halogens is 1. The van der Waals surface area contributed by atoms with Crippen molar-refractivity contribution in [2.75, 3.05) is 5.32 Å². The number of carbonyl (C=O) groups excluding carboxylic acids is 1. The van der Waals surface area contributed by atoms with Crippen molar-refractivity contribution in [1.82, 2.24) is 14.4 Å². The summed E-state index contributed by atoms with van der Waals surface area (Å²) in [7, 11) is 0. The number of carbonyl (C=O) groups is 1. The average molecular weight is 363 g/mol. The Bertz CT molecular complexity index is 1120. The molecule has 0 saturated heterocycles. The summed E-state index contributed by atoms with van der Waals surface area (Å²) in [4.78, 5) is 21.3. The van der Waals surface area contributed by atoms with Crippen LogP contribution < -0.4 is 5.32 Å². The molecular formula is C20H15ClN4O. The quantitative estimate of drug-likeness (QED) is 0.579. The first-order valence-electron chi connectivity index (χ1n) is 8.09. The molecular weight excluding hydrogens is 348 g/mol. The van der Waals surface area contributed by atoms with Crippen LogP contribution in [-0.4, -0.2) is 20.3 Å². The Morgan fingerprint density at radius 1 is 1.12 bits per heavy atom. The van der Waals surface area contributed by atoms with E-state index >= 15 is 0 Å². The summed E-state index contributed by atoms with van der Waals surface area (Å²) in [5, 5.41) is 3.43. The predicted octanol–water partition coefficient (Wildman–Crippen LogP) is 4.61. The fourth-order valence-electron chi connectivity index (χ4n) is 2.85. The molecule has 0 saturated carbocycles. The van der Waals surface area contributed by atoms with Crippen molar-refractivity contribution in [2.45, 2.75) is 6.92 Å². The lowest BCUT2D eigenvalue weighted by molar-refractivity contribution is 0.102. The molecule has 0 atom stereocenters. The Labute approximate surface area is 155 Å². The van der Waals surface area contributed by atoms with E-state index in [1.54, 1.807) is 30.5 Å². The molecule has 1 amide bonds. The largest absolute Gasteiger partial charge is 0.322 e. The Hall–Kier alpha value is -3.18. The third-order valence-corrected chi connectivity index (χ3v) is 4.36. The van der Waals surface area contributed by atoms with E-state index in [1.807, 2.05) is 47.9 Å². The van der Waals surface area contributed by atoms with Gasteiger partial charge >= 0.3 is 0 Å².